The minimum Gasteiger partial charge on any atom is -0.481 e. The zero-order valence-electron chi connectivity index (χ0n) is 37.7. The molecule has 2 aromatic carbocycles. The number of carbonyl (C=O) groups excluding carboxylic acids is 4. The molecule has 8 atom stereocenters. The first kappa shape index (κ1) is 71.7. The van der Waals surface area contributed by atoms with E-state index in [0.717, 1.165) is 0 Å². The maximum Gasteiger partial charge on any atom is 0.314 e. The first-order chi connectivity index (χ1) is 34.3. The van der Waals surface area contributed by atoms with Crippen molar-refractivity contribution in [2.75, 3.05) is 89.8 Å². The van der Waals surface area contributed by atoms with Crippen LogP contribution in [0.1, 0.15) is 47.9 Å². The van der Waals surface area contributed by atoms with Crippen LogP contribution in [0.15, 0.2) is 0 Å². The lowest BCUT2D eigenvalue weighted by Crippen LogP contribution is -2.48. The second kappa shape index (κ2) is 37.5. The lowest BCUT2D eigenvalue weighted by Gasteiger charge is -2.25. The molecule has 73 heavy (non-hydrogen) atoms. The van der Waals surface area contributed by atoms with Gasteiger partial charge < -0.3 is 114 Å². The summed E-state index contributed by atoms with van der Waals surface area (Å²) in [6.45, 7) is -5.61. The van der Waals surface area contributed by atoms with Crippen molar-refractivity contribution in [3.8, 4) is 0 Å². The third-order valence-electron chi connectivity index (χ3n) is 9.33. The number of amides is 4. The lowest BCUT2D eigenvalue weighted by molar-refractivity contribution is -0.147. The Hall–Kier alpha value is -1.32. The molecule has 0 spiro atoms. The van der Waals surface area contributed by atoms with Crippen molar-refractivity contribution in [2.45, 2.75) is 55.0 Å². The second-order valence-electron chi connectivity index (χ2n) is 14.4. The summed E-state index contributed by atoms with van der Waals surface area (Å²) in [5.41, 5.74) is 0.881. The van der Waals surface area contributed by atoms with Crippen molar-refractivity contribution < 1.29 is 110 Å². The molecule has 0 heterocycles. The second-order valence-corrected chi connectivity index (χ2v) is 20.9. The van der Waals surface area contributed by atoms with E-state index < -0.39 is 143 Å². The number of benzene rings is 2. The van der Waals surface area contributed by atoms with Gasteiger partial charge in [-0.1, -0.05) is 0 Å². The van der Waals surface area contributed by atoms with Gasteiger partial charge in [0.05, 0.1) is 163 Å². The molecular weight excluding hydrogens is 1670 g/mol. The predicted octanol–water partition coefficient (Wildman–Crippen LogP) is -4.87. The van der Waals surface area contributed by atoms with Gasteiger partial charge in [0.25, 0.3) is 23.6 Å². The Labute approximate surface area is 497 Å². The number of halogens is 6. The van der Waals surface area contributed by atoms with Gasteiger partial charge in [0, 0.05) is 20.2 Å². The zero-order valence-corrected chi connectivity index (χ0v) is 50.6. The summed E-state index contributed by atoms with van der Waals surface area (Å²) in [6, 6.07) is -4.67. The topological polar surface area (TPSA) is 498 Å². The first-order valence-corrected chi connectivity index (χ1v) is 27.1. The van der Waals surface area contributed by atoms with Crippen LogP contribution in [-0.2, 0) is 9.59 Å². The molecule has 4 amide bonds. The molecule has 0 radical (unpaired) electrons. The van der Waals surface area contributed by atoms with Gasteiger partial charge in [-0.15, -0.1) is 0 Å². The van der Waals surface area contributed by atoms with Gasteiger partial charge in [-0.25, -0.2) is 0 Å². The molecule has 0 aliphatic rings. The Morgan fingerprint density at radius 2 is 0.562 bits per heavy atom. The van der Waals surface area contributed by atoms with Gasteiger partial charge in [0.15, 0.2) is 0 Å². The van der Waals surface area contributed by atoms with E-state index in [1.807, 2.05) is 90.4 Å². The maximum atomic E-state index is 13.1. The molecule has 0 bridgehead atoms. The maximum absolute atomic E-state index is 13.1. The van der Waals surface area contributed by atoms with Gasteiger partial charge in [0.2, 0.25) is 0 Å². The fourth-order valence-electron chi connectivity index (χ4n) is 5.45. The standard InChI is InChI=1S/2C18H26I3N3O9.C3H4O4/c2*19-13-11(17(32)23-7(3-26)9(30)5-28)14(20)16(22-1-2-25)15(21)12(13)18(33)24-8(4-27)10(31)6-29;4-2(5)1-3(6)7/h2*7-10,22,25-31H,1-6H2,(H,23,32)(H,24,33);1H2,(H,4,5)(H,6,7). The van der Waals surface area contributed by atoms with E-state index in [-0.39, 0.29) is 55.7 Å². The van der Waals surface area contributed by atoms with E-state index in [4.69, 9.17) is 30.6 Å². The summed E-state index contributed by atoms with van der Waals surface area (Å²) in [7, 11) is 0. The number of nitrogens with one attached hydrogen (secondary N) is 6. The van der Waals surface area contributed by atoms with E-state index in [0.29, 0.717) is 25.7 Å². The van der Waals surface area contributed by atoms with E-state index >= 15 is 0 Å². The number of carboxylic acids is 2. The fraction of sp³-hybridized carbons (Fsp3) is 0.538. The highest BCUT2D eigenvalue weighted by Gasteiger charge is 2.33. The molecule has 2 aromatic rings. The Morgan fingerprint density at radius 1 is 0.356 bits per heavy atom. The van der Waals surface area contributed by atoms with Crippen LogP contribution in [0, 0.1) is 21.4 Å². The number of hydrogen-bond donors (Lipinski definition) is 22. The number of aliphatic hydroxyl groups excluding tert-OH is 14. The Bertz CT molecular complexity index is 1890. The first-order valence-electron chi connectivity index (χ1n) is 20.7. The number of rotatable bonds is 28. The highest BCUT2D eigenvalue weighted by atomic mass is 127. The summed E-state index contributed by atoms with van der Waals surface area (Å²) >= 11 is 11.1. The molecule has 8 unspecified atom stereocenters. The van der Waals surface area contributed by atoms with Crippen LogP contribution in [-0.4, -0.2) is 245 Å². The third kappa shape index (κ3) is 22.2. The van der Waals surface area contributed by atoms with E-state index in [1.54, 1.807) is 45.2 Å². The highest BCUT2D eigenvalue weighted by molar-refractivity contribution is 14.1. The van der Waals surface area contributed by atoms with Gasteiger partial charge in [-0.05, 0) is 136 Å². The molecule has 0 saturated heterocycles. The summed E-state index contributed by atoms with van der Waals surface area (Å²) < 4.78 is 2.00. The molecule has 416 valence electrons. The minimum atomic E-state index is -1.42. The Morgan fingerprint density at radius 3 is 0.699 bits per heavy atom. The number of aliphatic hydroxyl groups is 14. The molecule has 0 aliphatic heterocycles. The average molecular weight is 1720 g/mol. The predicted molar refractivity (Wildman–Crippen MR) is 306 cm³/mol. The highest BCUT2D eigenvalue weighted by Crippen LogP contribution is 2.37. The van der Waals surface area contributed by atoms with E-state index in [2.05, 4.69) is 31.9 Å². The molecule has 22 N–H and O–H groups in total. The van der Waals surface area contributed by atoms with Crippen LogP contribution in [0.5, 0.6) is 0 Å². The number of carboxylic acid groups (broad SMARTS) is 2. The lowest BCUT2D eigenvalue weighted by atomic mass is 10.1. The van der Waals surface area contributed by atoms with Crippen LogP contribution in [0.25, 0.3) is 0 Å². The van der Waals surface area contributed by atoms with Gasteiger partial charge in [0.1, 0.15) is 6.42 Å². The SMILES string of the molecule is O=C(NC(CO)C(O)CO)c1c(I)c(NCCO)c(I)c(C(=O)NC(CO)C(O)CO)c1I.O=C(NC(CO)C(O)CO)c1c(I)c(NCCO)c(I)c(C(=O)NC(CO)C(O)CO)c1I.O=C(O)CC(=O)O. The van der Waals surface area contributed by atoms with Crippen molar-refractivity contribution in [3.05, 3.63) is 43.7 Å². The quantitative estimate of drug-likeness (QED) is 0.0281. The van der Waals surface area contributed by atoms with E-state index in [9.17, 15) is 79.8 Å². The molecular formula is C39H56I6N6O22. The molecule has 0 saturated carbocycles. The normalized spacial score (nSPS) is 14.2. The van der Waals surface area contributed by atoms with E-state index in [1.165, 1.54) is 0 Å². The fourth-order valence-corrected chi connectivity index (χ4v) is 14.5. The Kier molecular flexibility index (Phi) is 36.8. The molecule has 0 aromatic heterocycles. The molecule has 28 nitrogen and oxygen atoms in total. The summed E-state index contributed by atoms with van der Waals surface area (Å²) in [5.74, 6) is -5.56. The zero-order chi connectivity index (χ0) is 56.4. The van der Waals surface area contributed by atoms with Crippen molar-refractivity contribution in [1.29, 1.82) is 0 Å². The van der Waals surface area contributed by atoms with Gasteiger partial charge in [-0.3, -0.25) is 28.8 Å². The molecule has 34 heteroatoms. The average Bonchev–Trinajstić information content (AvgIpc) is 3.34. The molecule has 0 fully saturated rings. The third-order valence-corrected chi connectivity index (χ3v) is 15.8. The summed E-state index contributed by atoms with van der Waals surface area (Å²) in [6.07, 6.45) is -6.48. The van der Waals surface area contributed by atoms with Crippen LogP contribution in [0.2, 0.25) is 0 Å². The Balaban J connectivity index is 0.00000125. The largest absolute Gasteiger partial charge is 0.481 e. The summed E-state index contributed by atoms with van der Waals surface area (Å²) in [4.78, 5) is 71.1. The number of anilines is 2. The van der Waals surface area contributed by atoms with Crippen molar-refractivity contribution >= 4 is 182 Å². The van der Waals surface area contributed by atoms with Crippen molar-refractivity contribution in [2.24, 2.45) is 0 Å². The number of carbonyl (C=O) groups is 6. The monoisotopic (exact) mass is 1720 g/mol. The van der Waals surface area contributed by atoms with Crippen molar-refractivity contribution in [1.82, 2.24) is 21.3 Å². The van der Waals surface area contributed by atoms with Crippen LogP contribution < -0.4 is 31.9 Å². The van der Waals surface area contributed by atoms with Crippen LogP contribution >= 0.6 is 136 Å². The van der Waals surface area contributed by atoms with Gasteiger partial charge in [-0.2, -0.15) is 0 Å². The molecule has 2 rings (SSSR count). The van der Waals surface area contributed by atoms with Gasteiger partial charge >= 0.3 is 11.9 Å². The molecule has 0 aliphatic carbocycles. The van der Waals surface area contributed by atoms with Crippen LogP contribution in [0.4, 0.5) is 11.4 Å². The minimum absolute atomic E-state index is 0.0362. The summed E-state index contributed by atoms with van der Waals surface area (Å²) in [5, 5.41) is 163. The number of hydrogen-bond acceptors (Lipinski definition) is 22. The number of aliphatic carboxylic acids is 2. The van der Waals surface area contributed by atoms with Crippen molar-refractivity contribution in [3.63, 3.8) is 0 Å². The smallest absolute Gasteiger partial charge is 0.314 e. The van der Waals surface area contributed by atoms with Crippen LogP contribution in [0.3, 0.4) is 0 Å².